The van der Waals surface area contributed by atoms with Crippen molar-refractivity contribution in [2.75, 3.05) is 10.8 Å². The van der Waals surface area contributed by atoms with Gasteiger partial charge in [0.2, 0.25) is 11.8 Å². The predicted octanol–water partition coefficient (Wildman–Crippen LogP) is 7.12. The first-order valence-electron chi connectivity index (χ1n) is 15.4. The summed E-state index contributed by atoms with van der Waals surface area (Å²) >= 11 is 3.52. The molecule has 0 aliphatic rings. The molecule has 0 saturated carbocycles. The molecule has 1 N–H and O–H groups in total. The lowest BCUT2D eigenvalue weighted by Crippen LogP contribution is -2.54. The van der Waals surface area contributed by atoms with Crippen molar-refractivity contribution in [2.45, 2.75) is 71.0 Å². The lowest BCUT2D eigenvalue weighted by molar-refractivity contribution is -0.140. The number of hydrogen-bond donors (Lipinski definition) is 1. The van der Waals surface area contributed by atoms with E-state index < -0.39 is 28.5 Å². The second-order valence-electron chi connectivity index (χ2n) is 11.8. The van der Waals surface area contributed by atoms with E-state index in [1.807, 2.05) is 95.3 Å². The Morgan fingerprint density at radius 2 is 1.43 bits per heavy atom. The zero-order chi connectivity index (χ0) is 33.4. The Morgan fingerprint density at radius 1 is 0.804 bits per heavy atom. The number of carbonyl (C=O) groups is 2. The summed E-state index contributed by atoms with van der Waals surface area (Å²) in [7, 11) is -4.16. The van der Waals surface area contributed by atoms with Crippen LogP contribution in [-0.2, 0) is 32.6 Å². The van der Waals surface area contributed by atoms with Crippen LogP contribution in [0.5, 0.6) is 0 Å². The minimum Gasteiger partial charge on any atom is -0.352 e. The highest BCUT2D eigenvalue weighted by Crippen LogP contribution is 2.27. The zero-order valence-electron chi connectivity index (χ0n) is 27.0. The van der Waals surface area contributed by atoms with Crippen LogP contribution in [0.3, 0.4) is 0 Å². The van der Waals surface area contributed by atoms with Gasteiger partial charge in [-0.1, -0.05) is 89.1 Å². The molecule has 0 aliphatic carbocycles. The molecule has 7 nitrogen and oxygen atoms in total. The monoisotopic (exact) mass is 703 g/mol. The van der Waals surface area contributed by atoms with Crippen molar-refractivity contribution in [1.82, 2.24) is 10.2 Å². The topological polar surface area (TPSA) is 86.8 Å². The molecular formula is C37H42BrN3O4S. The molecule has 2 amide bonds. The maximum atomic E-state index is 14.6. The molecule has 9 heteroatoms. The smallest absolute Gasteiger partial charge is 0.264 e. The number of nitrogens with zero attached hydrogens (tertiary/aromatic N) is 2. The maximum absolute atomic E-state index is 14.6. The van der Waals surface area contributed by atoms with Gasteiger partial charge in [0.25, 0.3) is 10.0 Å². The average molecular weight is 705 g/mol. The van der Waals surface area contributed by atoms with Crippen LogP contribution < -0.4 is 9.62 Å². The second-order valence-corrected chi connectivity index (χ2v) is 14.6. The predicted molar refractivity (Wildman–Crippen MR) is 188 cm³/mol. The number of hydrogen-bond acceptors (Lipinski definition) is 4. The second kappa shape index (κ2) is 15.6. The number of benzene rings is 4. The fourth-order valence-corrected chi connectivity index (χ4v) is 7.13. The first-order valence-corrected chi connectivity index (χ1v) is 17.7. The van der Waals surface area contributed by atoms with Crippen LogP contribution in [0, 0.1) is 20.8 Å². The first-order chi connectivity index (χ1) is 21.9. The lowest BCUT2D eigenvalue weighted by Gasteiger charge is -2.34. The van der Waals surface area contributed by atoms with Gasteiger partial charge < -0.3 is 10.2 Å². The van der Waals surface area contributed by atoms with Crippen molar-refractivity contribution in [3.63, 3.8) is 0 Å². The molecule has 2 atom stereocenters. The van der Waals surface area contributed by atoms with Crippen molar-refractivity contribution in [1.29, 1.82) is 0 Å². The minimum absolute atomic E-state index is 0.0824. The third-order valence-corrected chi connectivity index (χ3v) is 10.2. The molecule has 0 fully saturated rings. The number of nitrogens with one attached hydrogen (secondary N) is 1. The molecule has 0 saturated heterocycles. The van der Waals surface area contributed by atoms with Crippen LogP contribution in [0.4, 0.5) is 5.69 Å². The van der Waals surface area contributed by atoms with Gasteiger partial charge in [0, 0.05) is 23.5 Å². The highest BCUT2D eigenvalue weighted by atomic mass is 79.9. The summed E-state index contributed by atoms with van der Waals surface area (Å²) in [5, 5.41) is 3.07. The van der Waals surface area contributed by atoms with E-state index in [9.17, 15) is 18.0 Å². The summed E-state index contributed by atoms with van der Waals surface area (Å²) in [6, 6.07) is 28.2. The van der Waals surface area contributed by atoms with Crippen molar-refractivity contribution < 1.29 is 18.0 Å². The molecule has 0 aromatic heterocycles. The van der Waals surface area contributed by atoms with Gasteiger partial charge in [0.05, 0.1) is 10.6 Å². The molecule has 0 unspecified atom stereocenters. The Balaban J connectivity index is 1.83. The highest BCUT2D eigenvalue weighted by Gasteiger charge is 2.35. The van der Waals surface area contributed by atoms with E-state index in [0.717, 1.165) is 38.7 Å². The number of sulfonamides is 1. The van der Waals surface area contributed by atoms with Gasteiger partial charge in [-0.15, -0.1) is 0 Å². The number of rotatable bonds is 13. The summed E-state index contributed by atoms with van der Waals surface area (Å²) in [5.74, 6) is -0.782. The van der Waals surface area contributed by atoms with Gasteiger partial charge in [-0.3, -0.25) is 13.9 Å². The van der Waals surface area contributed by atoms with E-state index in [0.29, 0.717) is 5.69 Å². The van der Waals surface area contributed by atoms with Gasteiger partial charge in [-0.05, 0) is 92.8 Å². The fraction of sp³-hybridized carbons (Fsp3) is 0.297. The maximum Gasteiger partial charge on any atom is 0.264 e. The van der Waals surface area contributed by atoms with Crippen molar-refractivity contribution in [3.05, 3.63) is 129 Å². The Labute approximate surface area is 281 Å². The summed E-state index contributed by atoms with van der Waals surface area (Å²) in [5.41, 5.74) is 4.73. The number of carbonyl (C=O) groups excluding carboxylic acids is 2. The summed E-state index contributed by atoms with van der Waals surface area (Å²) < 4.78 is 30.6. The van der Waals surface area contributed by atoms with Crippen LogP contribution in [0.25, 0.3) is 0 Å². The van der Waals surface area contributed by atoms with Crippen molar-refractivity contribution in [3.8, 4) is 0 Å². The van der Waals surface area contributed by atoms with Gasteiger partial charge >= 0.3 is 0 Å². The van der Waals surface area contributed by atoms with Gasteiger partial charge in [0.15, 0.2) is 0 Å². The normalized spacial score (nSPS) is 12.7. The molecule has 0 radical (unpaired) electrons. The first kappa shape index (κ1) is 34.9. The standard InChI is InChI=1S/C37H42BrN3O4S/c1-6-29(5)39-37(43)35(23-30-11-8-7-9-12-30)40(24-31-13-10-14-32(38)22-31)36(42)25-41(33-20-27(3)19-28(4)21-33)46(44,45)34-17-15-26(2)16-18-34/h7-22,29,35H,6,23-25H2,1-5H3,(H,39,43)/t29-,35-/m1/s1. The van der Waals surface area contributed by atoms with Crippen LogP contribution in [-0.4, -0.2) is 43.8 Å². The number of halogens is 1. The minimum atomic E-state index is -4.16. The SMILES string of the molecule is CC[C@@H](C)NC(=O)[C@@H](Cc1ccccc1)N(Cc1cccc(Br)c1)C(=O)CN(c1cc(C)cc(C)c1)S(=O)(=O)c1ccc(C)cc1. The average Bonchev–Trinajstić information content (AvgIpc) is 3.01. The summed E-state index contributed by atoms with van der Waals surface area (Å²) in [6.07, 6.45) is 0.982. The van der Waals surface area contributed by atoms with Gasteiger partial charge in [0.1, 0.15) is 12.6 Å². The van der Waals surface area contributed by atoms with E-state index in [2.05, 4.69) is 21.2 Å². The molecule has 4 aromatic carbocycles. The van der Waals surface area contributed by atoms with Gasteiger partial charge in [-0.25, -0.2) is 8.42 Å². The third-order valence-electron chi connectivity index (χ3n) is 7.90. The molecule has 0 aliphatic heterocycles. The Bertz CT molecular complexity index is 1740. The Morgan fingerprint density at radius 3 is 2.04 bits per heavy atom. The van der Waals surface area contributed by atoms with E-state index >= 15 is 0 Å². The van der Waals surface area contributed by atoms with E-state index in [1.165, 1.54) is 9.21 Å². The Hall–Kier alpha value is -3.95. The summed E-state index contributed by atoms with van der Waals surface area (Å²) in [6.45, 7) is 9.20. The number of aryl methyl sites for hydroxylation is 3. The number of anilines is 1. The summed E-state index contributed by atoms with van der Waals surface area (Å²) in [4.78, 5) is 30.2. The highest BCUT2D eigenvalue weighted by molar-refractivity contribution is 9.10. The van der Waals surface area contributed by atoms with E-state index in [-0.39, 0.29) is 29.8 Å². The van der Waals surface area contributed by atoms with E-state index in [1.54, 1.807) is 36.4 Å². The van der Waals surface area contributed by atoms with Crippen LogP contribution >= 0.6 is 15.9 Å². The van der Waals surface area contributed by atoms with Crippen LogP contribution in [0.15, 0.2) is 106 Å². The molecular weight excluding hydrogens is 662 g/mol. The molecule has 0 heterocycles. The van der Waals surface area contributed by atoms with Crippen molar-refractivity contribution >= 4 is 43.5 Å². The quantitative estimate of drug-likeness (QED) is 0.161. The molecule has 4 rings (SSSR count). The zero-order valence-corrected chi connectivity index (χ0v) is 29.4. The third kappa shape index (κ3) is 9.07. The molecule has 46 heavy (non-hydrogen) atoms. The molecule has 242 valence electrons. The molecule has 0 bridgehead atoms. The fourth-order valence-electron chi connectivity index (χ4n) is 5.29. The van der Waals surface area contributed by atoms with Crippen molar-refractivity contribution in [2.24, 2.45) is 0 Å². The molecule has 0 spiro atoms. The lowest BCUT2D eigenvalue weighted by atomic mass is 10.0. The number of amides is 2. The van der Waals surface area contributed by atoms with Gasteiger partial charge in [-0.2, -0.15) is 0 Å². The largest absolute Gasteiger partial charge is 0.352 e. The Kier molecular flexibility index (Phi) is 11.8. The molecule has 4 aromatic rings. The van der Waals surface area contributed by atoms with Crippen LogP contribution in [0.1, 0.15) is 48.1 Å². The van der Waals surface area contributed by atoms with E-state index in [4.69, 9.17) is 0 Å². The van der Waals surface area contributed by atoms with Crippen LogP contribution in [0.2, 0.25) is 0 Å².